The Bertz CT molecular complexity index is 578. The average molecular weight is 272 g/mol. The van der Waals surface area contributed by atoms with Crippen molar-refractivity contribution in [2.45, 2.75) is 12.8 Å². The van der Waals surface area contributed by atoms with Crippen LogP contribution in [0.3, 0.4) is 0 Å². The highest BCUT2D eigenvalue weighted by molar-refractivity contribution is 5.99. The molecule has 1 N–H and O–H groups in total. The van der Waals surface area contributed by atoms with E-state index in [1.165, 1.54) is 0 Å². The molecule has 0 saturated heterocycles. The third-order valence-corrected chi connectivity index (χ3v) is 3.43. The maximum absolute atomic E-state index is 11.8. The van der Waals surface area contributed by atoms with Crippen LogP contribution in [0.25, 0.3) is 0 Å². The van der Waals surface area contributed by atoms with Gasteiger partial charge in [-0.25, -0.2) is 0 Å². The molecular weight excluding hydrogens is 256 g/mol. The summed E-state index contributed by atoms with van der Waals surface area (Å²) in [5.74, 6) is 0.734. The van der Waals surface area contributed by atoms with Gasteiger partial charge in [0.15, 0.2) is 6.61 Å². The van der Waals surface area contributed by atoms with Gasteiger partial charge in [0.1, 0.15) is 5.75 Å². The standard InChI is InChI=1S/C15H16N2O3/c1-2-7-17-12-6-5-11(16-15(19)10-3-4-10)8-13(12)20-9-14(17)18/h2,5-6,8,10H,1,3-4,7,9H2,(H,16,19). The van der Waals surface area contributed by atoms with Gasteiger partial charge in [-0.15, -0.1) is 6.58 Å². The molecule has 3 rings (SSSR count). The Balaban J connectivity index is 1.83. The van der Waals surface area contributed by atoms with E-state index in [0.29, 0.717) is 23.7 Å². The Morgan fingerprint density at radius 2 is 2.30 bits per heavy atom. The largest absolute Gasteiger partial charge is 0.481 e. The molecular formula is C15H16N2O3. The number of hydrogen-bond donors (Lipinski definition) is 1. The van der Waals surface area contributed by atoms with Gasteiger partial charge in [-0.3, -0.25) is 9.59 Å². The quantitative estimate of drug-likeness (QED) is 0.852. The van der Waals surface area contributed by atoms with Gasteiger partial charge in [0.2, 0.25) is 5.91 Å². The van der Waals surface area contributed by atoms with Gasteiger partial charge < -0.3 is 15.0 Å². The minimum atomic E-state index is -0.0906. The van der Waals surface area contributed by atoms with Crippen molar-refractivity contribution in [2.24, 2.45) is 5.92 Å². The number of amides is 2. The SMILES string of the molecule is C=CCN1C(=O)COc2cc(NC(=O)C3CC3)ccc21. The Labute approximate surface area is 117 Å². The summed E-state index contributed by atoms with van der Waals surface area (Å²) >= 11 is 0. The molecule has 0 spiro atoms. The van der Waals surface area contributed by atoms with E-state index in [0.717, 1.165) is 12.8 Å². The van der Waals surface area contributed by atoms with Crippen LogP contribution in [-0.4, -0.2) is 25.0 Å². The smallest absolute Gasteiger partial charge is 0.265 e. The lowest BCUT2D eigenvalue weighted by Gasteiger charge is -2.28. The molecule has 1 fully saturated rings. The number of carbonyl (C=O) groups excluding carboxylic acids is 2. The van der Waals surface area contributed by atoms with E-state index in [9.17, 15) is 9.59 Å². The first kappa shape index (κ1) is 12.7. The molecule has 0 aromatic heterocycles. The fourth-order valence-corrected chi connectivity index (χ4v) is 2.20. The van der Waals surface area contributed by atoms with Crippen molar-refractivity contribution in [2.75, 3.05) is 23.4 Å². The van der Waals surface area contributed by atoms with Crippen LogP contribution in [0.1, 0.15) is 12.8 Å². The van der Waals surface area contributed by atoms with Crippen molar-refractivity contribution >= 4 is 23.2 Å². The summed E-state index contributed by atoms with van der Waals surface area (Å²) in [7, 11) is 0. The van der Waals surface area contributed by atoms with Crippen LogP contribution in [0, 0.1) is 5.92 Å². The highest BCUT2D eigenvalue weighted by Crippen LogP contribution is 2.35. The number of carbonyl (C=O) groups is 2. The van der Waals surface area contributed by atoms with Crippen molar-refractivity contribution in [3.05, 3.63) is 30.9 Å². The molecule has 104 valence electrons. The van der Waals surface area contributed by atoms with Gasteiger partial charge in [-0.2, -0.15) is 0 Å². The highest BCUT2D eigenvalue weighted by Gasteiger charge is 2.30. The topological polar surface area (TPSA) is 58.6 Å². The molecule has 1 aromatic carbocycles. The van der Waals surface area contributed by atoms with Crippen LogP contribution in [0.2, 0.25) is 0 Å². The van der Waals surface area contributed by atoms with Gasteiger partial charge >= 0.3 is 0 Å². The fourth-order valence-electron chi connectivity index (χ4n) is 2.20. The van der Waals surface area contributed by atoms with Crippen LogP contribution in [-0.2, 0) is 9.59 Å². The van der Waals surface area contributed by atoms with Crippen molar-refractivity contribution in [3.63, 3.8) is 0 Å². The first-order valence-corrected chi connectivity index (χ1v) is 6.68. The second-order valence-electron chi connectivity index (χ2n) is 5.03. The molecule has 2 aliphatic rings. The van der Waals surface area contributed by atoms with Crippen LogP contribution in [0.5, 0.6) is 5.75 Å². The molecule has 1 aliphatic carbocycles. The number of benzene rings is 1. The Morgan fingerprint density at radius 1 is 1.50 bits per heavy atom. The van der Waals surface area contributed by atoms with Crippen LogP contribution in [0.4, 0.5) is 11.4 Å². The fraction of sp³-hybridized carbons (Fsp3) is 0.333. The van der Waals surface area contributed by atoms with Crippen molar-refractivity contribution in [3.8, 4) is 5.75 Å². The molecule has 1 aromatic rings. The molecule has 1 aliphatic heterocycles. The lowest BCUT2D eigenvalue weighted by molar-refractivity contribution is -0.121. The maximum atomic E-state index is 11.8. The van der Waals surface area contributed by atoms with E-state index in [-0.39, 0.29) is 24.3 Å². The molecule has 20 heavy (non-hydrogen) atoms. The van der Waals surface area contributed by atoms with E-state index in [4.69, 9.17) is 4.74 Å². The van der Waals surface area contributed by atoms with E-state index in [2.05, 4.69) is 11.9 Å². The highest BCUT2D eigenvalue weighted by atomic mass is 16.5. The second kappa shape index (κ2) is 5.00. The van der Waals surface area contributed by atoms with Gasteiger partial charge in [0.05, 0.1) is 5.69 Å². The Hall–Kier alpha value is -2.30. The Kier molecular flexibility index (Phi) is 3.18. The van der Waals surface area contributed by atoms with Crippen LogP contribution >= 0.6 is 0 Å². The first-order chi connectivity index (χ1) is 9.69. The van der Waals surface area contributed by atoms with Crippen LogP contribution in [0.15, 0.2) is 30.9 Å². The van der Waals surface area contributed by atoms with E-state index < -0.39 is 0 Å². The second-order valence-corrected chi connectivity index (χ2v) is 5.03. The summed E-state index contributed by atoms with van der Waals surface area (Å²) in [6.45, 7) is 4.12. The zero-order valence-electron chi connectivity index (χ0n) is 11.1. The monoisotopic (exact) mass is 272 g/mol. The normalized spacial score (nSPS) is 17.2. The molecule has 5 nitrogen and oxygen atoms in total. The number of ether oxygens (including phenoxy) is 1. The molecule has 2 amide bonds. The van der Waals surface area contributed by atoms with E-state index in [1.54, 1.807) is 29.2 Å². The van der Waals surface area contributed by atoms with Gasteiger partial charge in [0, 0.05) is 24.2 Å². The number of nitrogens with zero attached hydrogens (tertiary/aromatic N) is 1. The average Bonchev–Trinajstić information content (AvgIpc) is 3.26. The maximum Gasteiger partial charge on any atom is 0.265 e. The minimum absolute atomic E-state index is 0.0147. The van der Waals surface area contributed by atoms with E-state index in [1.807, 2.05) is 0 Å². The summed E-state index contributed by atoms with van der Waals surface area (Å²) in [4.78, 5) is 25.1. The minimum Gasteiger partial charge on any atom is -0.481 e. The van der Waals surface area contributed by atoms with Crippen molar-refractivity contribution in [1.29, 1.82) is 0 Å². The molecule has 0 radical (unpaired) electrons. The summed E-state index contributed by atoms with van der Waals surface area (Å²) in [6.07, 6.45) is 3.61. The van der Waals surface area contributed by atoms with Gasteiger partial charge in [-0.05, 0) is 25.0 Å². The predicted molar refractivity (Wildman–Crippen MR) is 75.8 cm³/mol. The third kappa shape index (κ3) is 2.39. The van der Waals surface area contributed by atoms with Crippen molar-refractivity contribution < 1.29 is 14.3 Å². The zero-order valence-corrected chi connectivity index (χ0v) is 11.1. The number of anilines is 2. The molecule has 0 atom stereocenters. The summed E-state index contributed by atoms with van der Waals surface area (Å²) in [6, 6.07) is 5.34. The van der Waals surface area contributed by atoms with Gasteiger partial charge in [0.25, 0.3) is 5.91 Å². The lowest BCUT2D eigenvalue weighted by Crippen LogP contribution is -2.38. The van der Waals surface area contributed by atoms with Gasteiger partial charge in [-0.1, -0.05) is 6.08 Å². The first-order valence-electron chi connectivity index (χ1n) is 6.68. The van der Waals surface area contributed by atoms with Crippen molar-refractivity contribution in [1.82, 2.24) is 0 Å². The number of fused-ring (bicyclic) bond motifs is 1. The molecule has 0 unspecified atom stereocenters. The lowest BCUT2D eigenvalue weighted by atomic mass is 10.2. The summed E-state index contributed by atoms with van der Waals surface area (Å²) < 4.78 is 5.43. The third-order valence-electron chi connectivity index (χ3n) is 3.43. The summed E-state index contributed by atoms with van der Waals surface area (Å²) in [5.41, 5.74) is 1.42. The molecule has 5 heteroatoms. The Morgan fingerprint density at radius 3 is 3.00 bits per heavy atom. The molecule has 1 saturated carbocycles. The van der Waals surface area contributed by atoms with Crippen LogP contribution < -0.4 is 15.0 Å². The zero-order chi connectivity index (χ0) is 14.1. The summed E-state index contributed by atoms with van der Waals surface area (Å²) in [5, 5.41) is 2.87. The van der Waals surface area contributed by atoms with E-state index >= 15 is 0 Å². The number of rotatable bonds is 4. The molecule has 1 heterocycles. The predicted octanol–water partition coefficient (Wildman–Crippen LogP) is 1.95. The number of nitrogens with one attached hydrogen (secondary N) is 1. The number of hydrogen-bond acceptors (Lipinski definition) is 3. The molecule has 0 bridgehead atoms.